The van der Waals surface area contributed by atoms with Gasteiger partial charge in [-0.2, -0.15) is 0 Å². The third kappa shape index (κ3) is 6.18. The zero-order chi connectivity index (χ0) is 22.4. The lowest BCUT2D eigenvalue weighted by Gasteiger charge is -2.14. The Kier molecular flexibility index (Phi) is 7.50. The molecule has 0 spiro atoms. The van der Waals surface area contributed by atoms with Gasteiger partial charge in [-0.1, -0.05) is 0 Å². The lowest BCUT2D eigenvalue weighted by molar-refractivity contribution is 0.0950. The fourth-order valence-corrected chi connectivity index (χ4v) is 4.93. The van der Waals surface area contributed by atoms with Crippen LogP contribution in [0.1, 0.15) is 55.5 Å². The van der Waals surface area contributed by atoms with E-state index in [2.05, 4.69) is 15.0 Å². The van der Waals surface area contributed by atoms with Crippen molar-refractivity contribution in [2.75, 3.05) is 7.11 Å². The standard InChI is InChI=1S/C22H29N3O5S/c1-15(2)25-31(27,28)20-13-17(8-9-19(20)29-3)22(26)24-14-16-10-11-23-21(12-16)30-18-6-4-5-7-18/h8-13,15,18,25H,4-7,14H2,1-3H3,(H,24,26). The van der Waals surface area contributed by atoms with Crippen LogP contribution in [-0.2, 0) is 16.6 Å². The lowest BCUT2D eigenvalue weighted by atomic mass is 10.2. The highest BCUT2D eigenvalue weighted by molar-refractivity contribution is 7.89. The summed E-state index contributed by atoms with van der Waals surface area (Å²) in [6.07, 6.45) is 6.28. The predicted molar refractivity (Wildman–Crippen MR) is 117 cm³/mol. The van der Waals surface area contributed by atoms with Gasteiger partial charge in [0.25, 0.3) is 5.91 Å². The van der Waals surface area contributed by atoms with Crippen molar-refractivity contribution in [3.8, 4) is 11.6 Å². The second kappa shape index (κ2) is 10.1. The Morgan fingerprint density at radius 2 is 1.94 bits per heavy atom. The number of benzene rings is 1. The molecule has 1 amide bonds. The van der Waals surface area contributed by atoms with Gasteiger partial charge in [-0.25, -0.2) is 18.1 Å². The monoisotopic (exact) mass is 447 g/mol. The fraction of sp³-hybridized carbons (Fsp3) is 0.455. The van der Waals surface area contributed by atoms with E-state index < -0.39 is 15.9 Å². The number of methoxy groups -OCH3 is 1. The first-order chi connectivity index (χ1) is 14.8. The molecule has 0 bridgehead atoms. The Labute approximate surface area is 183 Å². The molecule has 2 N–H and O–H groups in total. The SMILES string of the molecule is COc1ccc(C(=O)NCc2ccnc(OC3CCCC3)c2)cc1S(=O)(=O)NC(C)C. The van der Waals surface area contributed by atoms with E-state index in [1.807, 2.05) is 6.07 Å². The zero-order valence-electron chi connectivity index (χ0n) is 18.1. The third-order valence-electron chi connectivity index (χ3n) is 4.95. The molecule has 3 rings (SSSR count). The molecule has 1 aromatic carbocycles. The van der Waals surface area contributed by atoms with Crippen molar-refractivity contribution >= 4 is 15.9 Å². The van der Waals surface area contributed by atoms with E-state index in [1.54, 1.807) is 26.1 Å². The first-order valence-electron chi connectivity index (χ1n) is 10.4. The normalized spacial score (nSPS) is 14.6. The van der Waals surface area contributed by atoms with Crippen LogP contribution in [0, 0.1) is 0 Å². The summed E-state index contributed by atoms with van der Waals surface area (Å²) < 4.78 is 38.8. The zero-order valence-corrected chi connectivity index (χ0v) is 18.9. The van der Waals surface area contributed by atoms with Crippen molar-refractivity contribution in [1.29, 1.82) is 0 Å². The number of nitrogens with zero attached hydrogens (tertiary/aromatic N) is 1. The highest BCUT2D eigenvalue weighted by Gasteiger charge is 2.22. The van der Waals surface area contributed by atoms with Crippen LogP contribution in [0.3, 0.4) is 0 Å². The van der Waals surface area contributed by atoms with Gasteiger partial charge in [0, 0.05) is 30.4 Å². The van der Waals surface area contributed by atoms with Crippen LogP contribution in [-0.4, -0.2) is 38.6 Å². The molecule has 1 heterocycles. The van der Waals surface area contributed by atoms with Crippen LogP contribution >= 0.6 is 0 Å². The van der Waals surface area contributed by atoms with E-state index in [0.29, 0.717) is 5.88 Å². The number of carbonyl (C=O) groups is 1. The Morgan fingerprint density at radius 3 is 2.61 bits per heavy atom. The maximum Gasteiger partial charge on any atom is 0.251 e. The average Bonchev–Trinajstić information content (AvgIpc) is 3.24. The maximum atomic E-state index is 12.7. The molecule has 9 heteroatoms. The molecule has 0 unspecified atom stereocenters. The summed E-state index contributed by atoms with van der Waals surface area (Å²) >= 11 is 0. The second-order valence-electron chi connectivity index (χ2n) is 7.85. The van der Waals surface area contributed by atoms with E-state index in [-0.39, 0.29) is 34.9 Å². The van der Waals surface area contributed by atoms with E-state index in [4.69, 9.17) is 9.47 Å². The Hall–Kier alpha value is -2.65. The molecular formula is C22H29N3O5S. The van der Waals surface area contributed by atoms with Crippen molar-refractivity contribution < 1.29 is 22.7 Å². The fourth-order valence-electron chi connectivity index (χ4n) is 3.49. The summed E-state index contributed by atoms with van der Waals surface area (Å²) in [5.41, 5.74) is 1.07. The molecule has 0 saturated heterocycles. The number of amides is 1. The van der Waals surface area contributed by atoms with Crippen molar-refractivity contribution in [3.05, 3.63) is 47.7 Å². The van der Waals surface area contributed by atoms with Crippen LogP contribution in [0.15, 0.2) is 41.4 Å². The molecule has 1 aromatic heterocycles. The van der Waals surface area contributed by atoms with E-state index >= 15 is 0 Å². The van der Waals surface area contributed by atoms with Crippen molar-refractivity contribution in [3.63, 3.8) is 0 Å². The topological polar surface area (TPSA) is 107 Å². The van der Waals surface area contributed by atoms with Crippen LogP contribution < -0.4 is 19.5 Å². The minimum Gasteiger partial charge on any atom is -0.495 e. The van der Waals surface area contributed by atoms with Crippen LogP contribution in [0.2, 0.25) is 0 Å². The summed E-state index contributed by atoms with van der Waals surface area (Å²) in [6.45, 7) is 3.71. The second-order valence-corrected chi connectivity index (χ2v) is 9.53. The molecule has 1 aliphatic rings. The van der Waals surface area contributed by atoms with Crippen LogP contribution in [0.5, 0.6) is 11.6 Å². The first kappa shape index (κ1) is 23.0. The van der Waals surface area contributed by atoms with Gasteiger partial charge in [-0.05, 0) is 69.4 Å². The average molecular weight is 448 g/mol. The van der Waals surface area contributed by atoms with Gasteiger partial charge in [-0.3, -0.25) is 4.79 Å². The van der Waals surface area contributed by atoms with Crippen LogP contribution in [0.4, 0.5) is 0 Å². The van der Waals surface area contributed by atoms with Gasteiger partial charge in [0.2, 0.25) is 15.9 Å². The van der Waals surface area contributed by atoms with Crippen LogP contribution in [0.25, 0.3) is 0 Å². The van der Waals surface area contributed by atoms with Gasteiger partial charge in [0.05, 0.1) is 7.11 Å². The molecule has 1 saturated carbocycles. The third-order valence-corrected chi connectivity index (χ3v) is 6.63. The molecule has 1 aliphatic carbocycles. The summed E-state index contributed by atoms with van der Waals surface area (Å²) in [4.78, 5) is 16.8. The van der Waals surface area contributed by atoms with E-state index in [9.17, 15) is 13.2 Å². The highest BCUT2D eigenvalue weighted by atomic mass is 32.2. The molecule has 0 aliphatic heterocycles. The van der Waals surface area contributed by atoms with Crippen molar-refractivity contribution in [1.82, 2.24) is 15.0 Å². The molecule has 8 nitrogen and oxygen atoms in total. The van der Waals surface area contributed by atoms with Gasteiger partial charge in [0.1, 0.15) is 16.7 Å². The summed E-state index contributed by atoms with van der Waals surface area (Å²) in [5, 5.41) is 2.81. The minimum atomic E-state index is -3.82. The minimum absolute atomic E-state index is 0.0764. The number of rotatable bonds is 9. The molecule has 1 fully saturated rings. The summed E-state index contributed by atoms with van der Waals surface area (Å²) in [5.74, 6) is 0.336. The van der Waals surface area contributed by atoms with Gasteiger partial charge in [0.15, 0.2) is 0 Å². The summed E-state index contributed by atoms with van der Waals surface area (Å²) in [6, 6.07) is 7.65. The number of aromatic nitrogens is 1. The Morgan fingerprint density at radius 1 is 1.19 bits per heavy atom. The lowest BCUT2D eigenvalue weighted by Crippen LogP contribution is -2.31. The number of sulfonamides is 1. The van der Waals surface area contributed by atoms with Gasteiger partial charge >= 0.3 is 0 Å². The Bertz CT molecular complexity index is 1020. The maximum absolute atomic E-state index is 12.7. The molecule has 0 atom stereocenters. The largest absolute Gasteiger partial charge is 0.495 e. The quantitative estimate of drug-likeness (QED) is 0.612. The van der Waals surface area contributed by atoms with Gasteiger partial charge < -0.3 is 14.8 Å². The number of nitrogens with one attached hydrogen (secondary N) is 2. The number of ether oxygens (including phenoxy) is 2. The molecular weight excluding hydrogens is 418 g/mol. The predicted octanol–water partition coefficient (Wildman–Crippen LogP) is 3.03. The number of pyridine rings is 1. The summed E-state index contributed by atoms with van der Waals surface area (Å²) in [7, 11) is -2.44. The molecule has 168 valence electrons. The molecule has 2 aromatic rings. The van der Waals surface area contributed by atoms with Crippen molar-refractivity contribution in [2.24, 2.45) is 0 Å². The number of hydrogen-bond donors (Lipinski definition) is 2. The molecule has 0 radical (unpaired) electrons. The number of hydrogen-bond acceptors (Lipinski definition) is 6. The van der Waals surface area contributed by atoms with Gasteiger partial charge in [-0.15, -0.1) is 0 Å². The Balaban J connectivity index is 1.70. The van der Waals surface area contributed by atoms with Crippen molar-refractivity contribution in [2.45, 2.75) is 63.1 Å². The van der Waals surface area contributed by atoms with E-state index in [0.717, 1.165) is 18.4 Å². The van der Waals surface area contributed by atoms with E-state index in [1.165, 1.54) is 38.2 Å². The highest BCUT2D eigenvalue weighted by Crippen LogP contribution is 2.26. The molecule has 31 heavy (non-hydrogen) atoms. The first-order valence-corrected chi connectivity index (χ1v) is 11.9. The smallest absolute Gasteiger partial charge is 0.251 e. The number of carbonyl (C=O) groups excluding carboxylic acids is 1.